The van der Waals surface area contributed by atoms with E-state index in [4.69, 9.17) is 20.9 Å². The molecule has 0 saturated carbocycles. The van der Waals surface area contributed by atoms with Gasteiger partial charge in [0.05, 0.1) is 12.6 Å². The van der Waals surface area contributed by atoms with Crippen molar-refractivity contribution in [3.8, 4) is 5.75 Å². The minimum atomic E-state index is -4.86. The number of pyridine rings is 1. The maximum atomic E-state index is 14.7. The summed E-state index contributed by atoms with van der Waals surface area (Å²) in [6.07, 6.45) is -6.38. The van der Waals surface area contributed by atoms with Gasteiger partial charge in [-0.05, 0) is 13.0 Å². The molecule has 2 aromatic heterocycles. The number of nitrogens with zero attached hydrogens (tertiary/aromatic N) is 3. The third-order valence-electron chi connectivity index (χ3n) is 7.06. The molecule has 0 aliphatic carbocycles. The number of fused-ring (bicyclic) bond motifs is 1. The Balaban J connectivity index is 1.92. The number of halogens is 5. The van der Waals surface area contributed by atoms with E-state index in [0.717, 1.165) is 26.2 Å². The van der Waals surface area contributed by atoms with Crippen LogP contribution in [0.15, 0.2) is 23.4 Å². The number of alkyl halides is 3. The number of nitrogens with two attached hydrogens (primary N) is 2. The number of hydrogen-bond acceptors (Lipinski definition) is 8. The van der Waals surface area contributed by atoms with Gasteiger partial charge in [0.2, 0.25) is 11.7 Å². The van der Waals surface area contributed by atoms with Gasteiger partial charge in [0.1, 0.15) is 29.0 Å². The normalized spacial score (nSPS) is 23.5. The fourth-order valence-electron chi connectivity index (χ4n) is 4.84. The van der Waals surface area contributed by atoms with Crippen LogP contribution in [0.3, 0.4) is 0 Å². The van der Waals surface area contributed by atoms with Crippen LogP contribution in [-0.2, 0) is 9.53 Å². The molecule has 1 aliphatic heterocycles. The second-order valence-electron chi connectivity index (χ2n) is 9.39. The topological polar surface area (TPSA) is 174 Å². The number of benzene rings is 1. The first-order valence-electron chi connectivity index (χ1n) is 11.9. The number of amides is 1. The van der Waals surface area contributed by atoms with Crippen LogP contribution in [0.4, 0.5) is 27.8 Å². The summed E-state index contributed by atoms with van der Waals surface area (Å²) in [5, 5.41) is 14.7. The lowest BCUT2D eigenvalue weighted by Gasteiger charge is -2.32. The number of anilines is 1. The highest BCUT2D eigenvalue weighted by Gasteiger charge is 2.65. The molecule has 7 N–H and O–H groups in total. The molecule has 4 atom stereocenters. The first kappa shape index (κ1) is 28.9. The number of hydrogen-bond donors (Lipinski definition) is 5. The zero-order valence-electron chi connectivity index (χ0n) is 21.4. The Kier molecular flexibility index (Phi) is 7.60. The standard InChI is InChI=1S/C24H26F5N7O4/c1-9-15(10-4-5-11(25)16(26)19(10)39-3)20(40-23(9,2)24(27,28)29)22-32-12-8-13(33-14(37)6-7-30)34-18(17(12)35-22)21(31)36-38/h4-5,8-9,15,20,38H,6-7,30H2,1-3H3,(H2,31,36)(H,32,35)(H,33,34,37)/t9-,15-,20+,23+/m0/s1. The number of rotatable bonds is 7. The molecule has 1 aliphatic rings. The van der Waals surface area contributed by atoms with Crippen molar-refractivity contribution in [2.24, 2.45) is 22.5 Å². The highest BCUT2D eigenvalue weighted by molar-refractivity contribution is 6.06. The zero-order chi connectivity index (χ0) is 29.6. The number of H-pyrrole nitrogens is 1. The largest absolute Gasteiger partial charge is 0.493 e. The van der Waals surface area contributed by atoms with Crippen LogP contribution in [0, 0.1) is 17.6 Å². The van der Waals surface area contributed by atoms with Gasteiger partial charge in [0, 0.05) is 36.4 Å². The van der Waals surface area contributed by atoms with Crippen LogP contribution in [0.5, 0.6) is 5.75 Å². The predicted octanol–water partition coefficient (Wildman–Crippen LogP) is 3.44. The molecule has 16 heteroatoms. The van der Waals surface area contributed by atoms with Gasteiger partial charge in [-0.25, -0.2) is 14.4 Å². The summed E-state index contributed by atoms with van der Waals surface area (Å²) in [5.41, 5.74) is 8.28. The molecule has 0 bridgehead atoms. The first-order valence-corrected chi connectivity index (χ1v) is 11.9. The van der Waals surface area contributed by atoms with Gasteiger partial charge in [-0.3, -0.25) is 4.79 Å². The van der Waals surface area contributed by atoms with Crippen molar-refractivity contribution in [3.05, 3.63) is 46.9 Å². The molecular weight excluding hydrogens is 545 g/mol. The van der Waals surface area contributed by atoms with Crippen LogP contribution in [0.25, 0.3) is 11.0 Å². The predicted molar refractivity (Wildman–Crippen MR) is 132 cm³/mol. The molecule has 0 unspecified atom stereocenters. The van der Waals surface area contributed by atoms with Gasteiger partial charge < -0.3 is 36.4 Å². The number of nitrogens with one attached hydrogen (secondary N) is 2. The van der Waals surface area contributed by atoms with E-state index in [1.54, 1.807) is 0 Å². The second-order valence-corrected chi connectivity index (χ2v) is 9.39. The molecule has 3 aromatic rings. The smallest absolute Gasteiger partial charge is 0.417 e. The third-order valence-corrected chi connectivity index (χ3v) is 7.06. The SMILES string of the molecule is COc1c([C@H]2[C@H](c3nc4c(/C(N)=N/O)nc(NC(=O)CCN)cc4[nH]3)O[C@@](C)(C(F)(F)F)[C@H]2C)ccc(F)c1F. The minimum Gasteiger partial charge on any atom is -0.493 e. The lowest BCUT2D eigenvalue weighted by Crippen LogP contribution is -2.46. The van der Waals surface area contributed by atoms with Crippen molar-refractivity contribution < 1.29 is 41.4 Å². The van der Waals surface area contributed by atoms with Crippen LogP contribution in [0.2, 0.25) is 0 Å². The third kappa shape index (κ3) is 4.77. The second kappa shape index (κ2) is 10.5. The number of carbonyl (C=O) groups excluding carboxylic acids is 1. The van der Waals surface area contributed by atoms with Crippen LogP contribution in [-0.4, -0.2) is 57.3 Å². The van der Waals surface area contributed by atoms with Gasteiger partial charge in [0.25, 0.3) is 0 Å². The van der Waals surface area contributed by atoms with E-state index in [1.165, 1.54) is 13.0 Å². The molecule has 1 amide bonds. The Morgan fingerprint density at radius 3 is 2.62 bits per heavy atom. The molecule has 1 fully saturated rings. The van der Waals surface area contributed by atoms with Crippen molar-refractivity contribution in [2.75, 3.05) is 19.0 Å². The summed E-state index contributed by atoms with van der Waals surface area (Å²) in [4.78, 5) is 23.4. The Labute approximate surface area is 223 Å². The molecule has 1 saturated heterocycles. The summed E-state index contributed by atoms with van der Waals surface area (Å²) >= 11 is 0. The van der Waals surface area contributed by atoms with Gasteiger partial charge in [-0.2, -0.15) is 17.6 Å². The highest BCUT2D eigenvalue weighted by Crippen LogP contribution is 2.59. The van der Waals surface area contributed by atoms with E-state index in [1.807, 2.05) is 0 Å². The molecule has 11 nitrogen and oxygen atoms in total. The fourth-order valence-corrected chi connectivity index (χ4v) is 4.84. The number of aromatic nitrogens is 3. The van der Waals surface area contributed by atoms with E-state index in [2.05, 4.69) is 25.4 Å². The molecule has 4 rings (SSSR count). The quantitative estimate of drug-likeness (QED) is 0.0943. The highest BCUT2D eigenvalue weighted by atomic mass is 19.4. The summed E-state index contributed by atoms with van der Waals surface area (Å²) in [6, 6.07) is 3.26. The zero-order valence-corrected chi connectivity index (χ0v) is 21.4. The Morgan fingerprint density at radius 2 is 2.02 bits per heavy atom. The van der Waals surface area contributed by atoms with Crippen molar-refractivity contribution in [1.82, 2.24) is 15.0 Å². The first-order chi connectivity index (χ1) is 18.8. The molecule has 0 radical (unpaired) electrons. The Morgan fingerprint density at radius 1 is 1.32 bits per heavy atom. The van der Waals surface area contributed by atoms with Gasteiger partial charge in [-0.15, -0.1) is 0 Å². The van der Waals surface area contributed by atoms with Crippen LogP contribution in [0.1, 0.15) is 49.4 Å². The summed E-state index contributed by atoms with van der Waals surface area (Å²) in [7, 11) is 1.07. The molecule has 1 aromatic carbocycles. The van der Waals surface area contributed by atoms with Gasteiger partial charge >= 0.3 is 6.18 Å². The minimum absolute atomic E-state index is 0.0185. The summed E-state index contributed by atoms with van der Waals surface area (Å²) in [6.45, 7) is 2.18. The van der Waals surface area contributed by atoms with Crippen LogP contribution >= 0.6 is 0 Å². The number of ether oxygens (including phenoxy) is 2. The molecule has 40 heavy (non-hydrogen) atoms. The van der Waals surface area contributed by atoms with Crippen molar-refractivity contribution in [2.45, 2.75) is 44.1 Å². The summed E-state index contributed by atoms with van der Waals surface area (Å²) < 4.78 is 82.3. The lowest BCUT2D eigenvalue weighted by atomic mass is 9.77. The number of oxime groups is 1. The molecule has 3 heterocycles. The summed E-state index contributed by atoms with van der Waals surface area (Å²) in [5.74, 6) is -6.93. The van der Waals surface area contributed by atoms with Crippen molar-refractivity contribution in [1.29, 1.82) is 0 Å². The van der Waals surface area contributed by atoms with E-state index >= 15 is 0 Å². The fraction of sp³-hybridized carbons (Fsp3) is 0.417. The van der Waals surface area contributed by atoms with Gasteiger partial charge in [0.15, 0.2) is 23.0 Å². The monoisotopic (exact) mass is 571 g/mol. The number of aromatic amines is 1. The number of carbonyl (C=O) groups is 1. The molecular formula is C24H26F5N7O4. The average molecular weight is 572 g/mol. The number of methoxy groups -OCH3 is 1. The average Bonchev–Trinajstić information content (AvgIpc) is 3.43. The van der Waals surface area contributed by atoms with E-state index < -0.39 is 58.8 Å². The molecule has 216 valence electrons. The van der Waals surface area contributed by atoms with Crippen molar-refractivity contribution >= 4 is 28.6 Å². The Bertz CT molecular complexity index is 1480. The maximum absolute atomic E-state index is 14.7. The van der Waals surface area contributed by atoms with E-state index in [9.17, 15) is 32.0 Å². The Hall–Kier alpha value is -4.05. The molecule has 0 spiro atoms. The number of amidine groups is 1. The van der Waals surface area contributed by atoms with Gasteiger partial charge in [-0.1, -0.05) is 18.1 Å². The van der Waals surface area contributed by atoms with E-state index in [0.29, 0.717) is 0 Å². The lowest BCUT2D eigenvalue weighted by molar-refractivity contribution is -0.275. The van der Waals surface area contributed by atoms with E-state index in [-0.39, 0.29) is 46.9 Å². The van der Waals surface area contributed by atoms with Crippen molar-refractivity contribution in [3.63, 3.8) is 0 Å². The van der Waals surface area contributed by atoms with Crippen LogP contribution < -0.4 is 21.5 Å². The number of imidazole rings is 1. The maximum Gasteiger partial charge on any atom is 0.417 e.